The van der Waals surface area contributed by atoms with Crippen LogP contribution in [-0.4, -0.2) is 17.3 Å². The Kier molecular flexibility index (Phi) is 3.90. The maximum absolute atomic E-state index is 12.5. The number of fused-ring (bicyclic) bond motifs is 2. The molecule has 4 rings (SSSR count). The number of ether oxygens (including phenoxy) is 2. The summed E-state index contributed by atoms with van der Waals surface area (Å²) in [4.78, 5) is 17.6. The second-order valence-electron chi connectivity index (χ2n) is 5.23. The van der Waals surface area contributed by atoms with Gasteiger partial charge in [0, 0.05) is 16.6 Å². The van der Waals surface area contributed by atoms with Crippen LogP contribution in [0.1, 0.15) is 17.3 Å². The van der Waals surface area contributed by atoms with Crippen molar-refractivity contribution in [1.29, 1.82) is 0 Å². The van der Waals surface area contributed by atoms with Gasteiger partial charge in [-0.2, -0.15) is 4.99 Å². The normalized spacial score (nSPS) is 13.7. The molecule has 1 amide bonds. The van der Waals surface area contributed by atoms with Crippen molar-refractivity contribution in [1.82, 2.24) is 4.57 Å². The first-order chi connectivity index (χ1) is 11.7. The molecule has 0 saturated heterocycles. The van der Waals surface area contributed by atoms with Gasteiger partial charge in [-0.1, -0.05) is 27.3 Å². The van der Waals surface area contributed by atoms with E-state index in [0.717, 1.165) is 21.2 Å². The Morgan fingerprint density at radius 3 is 2.92 bits per heavy atom. The Balaban J connectivity index is 1.80. The quantitative estimate of drug-likeness (QED) is 0.649. The molecule has 24 heavy (non-hydrogen) atoms. The minimum Gasteiger partial charge on any atom is -0.454 e. The molecule has 0 N–H and O–H groups in total. The van der Waals surface area contributed by atoms with Crippen molar-refractivity contribution >= 4 is 43.4 Å². The van der Waals surface area contributed by atoms with Gasteiger partial charge in [0.25, 0.3) is 5.91 Å². The summed E-state index contributed by atoms with van der Waals surface area (Å²) in [5, 5.41) is 0. The topological polar surface area (TPSA) is 52.8 Å². The highest BCUT2D eigenvalue weighted by Gasteiger charge is 2.16. The van der Waals surface area contributed by atoms with E-state index in [1.54, 1.807) is 18.2 Å². The highest BCUT2D eigenvalue weighted by Crippen LogP contribution is 2.32. The fourth-order valence-corrected chi connectivity index (χ4v) is 4.26. The number of benzene rings is 2. The van der Waals surface area contributed by atoms with Crippen LogP contribution in [0.3, 0.4) is 0 Å². The highest BCUT2D eigenvalue weighted by molar-refractivity contribution is 9.10. The molecule has 1 aliphatic rings. The van der Waals surface area contributed by atoms with Gasteiger partial charge in [-0.05, 0) is 43.3 Å². The highest BCUT2D eigenvalue weighted by atomic mass is 79.9. The lowest BCUT2D eigenvalue weighted by atomic mass is 10.2. The van der Waals surface area contributed by atoms with Gasteiger partial charge in [-0.3, -0.25) is 4.79 Å². The minimum absolute atomic E-state index is 0.186. The van der Waals surface area contributed by atoms with E-state index in [2.05, 4.69) is 20.9 Å². The largest absolute Gasteiger partial charge is 0.454 e. The summed E-state index contributed by atoms with van der Waals surface area (Å²) in [5.74, 6) is 0.947. The molecule has 0 aliphatic carbocycles. The number of aryl methyl sites for hydroxylation is 1. The Morgan fingerprint density at radius 2 is 2.08 bits per heavy atom. The van der Waals surface area contributed by atoms with Gasteiger partial charge in [0.05, 0.1) is 10.2 Å². The summed E-state index contributed by atoms with van der Waals surface area (Å²) in [5.41, 5.74) is 1.56. The van der Waals surface area contributed by atoms with E-state index >= 15 is 0 Å². The van der Waals surface area contributed by atoms with E-state index in [-0.39, 0.29) is 12.7 Å². The fourth-order valence-electron chi connectivity index (χ4n) is 2.62. The Labute approximate surface area is 150 Å². The van der Waals surface area contributed by atoms with Gasteiger partial charge in [-0.15, -0.1) is 0 Å². The minimum atomic E-state index is -0.291. The van der Waals surface area contributed by atoms with Crippen molar-refractivity contribution in [3.05, 3.63) is 51.2 Å². The van der Waals surface area contributed by atoms with Crippen LogP contribution in [0.5, 0.6) is 11.5 Å². The number of carbonyl (C=O) groups is 1. The maximum Gasteiger partial charge on any atom is 0.279 e. The predicted octanol–water partition coefficient (Wildman–Crippen LogP) is 3.96. The Hall–Kier alpha value is -2.12. The van der Waals surface area contributed by atoms with Gasteiger partial charge in [0.2, 0.25) is 6.79 Å². The molecular formula is C17H13BrN2O3S. The first kappa shape index (κ1) is 15.4. The van der Waals surface area contributed by atoms with E-state index in [4.69, 9.17) is 9.47 Å². The molecule has 0 fully saturated rings. The molecule has 0 spiro atoms. The Bertz CT molecular complexity index is 1020. The van der Waals surface area contributed by atoms with Crippen molar-refractivity contribution in [2.75, 3.05) is 6.79 Å². The molecule has 0 atom stereocenters. The van der Waals surface area contributed by atoms with Crippen LogP contribution in [0.2, 0.25) is 0 Å². The number of thiazole rings is 1. The van der Waals surface area contributed by atoms with Crippen LogP contribution in [0.15, 0.2) is 45.9 Å². The van der Waals surface area contributed by atoms with Crippen LogP contribution >= 0.6 is 27.3 Å². The van der Waals surface area contributed by atoms with E-state index < -0.39 is 0 Å². The zero-order chi connectivity index (χ0) is 16.7. The number of amides is 1. The van der Waals surface area contributed by atoms with Crippen LogP contribution in [0.25, 0.3) is 10.2 Å². The third-order valence-corrected chi connectivity index (χ3v) is 5.31. The number of rotatable bonds is 2. The summed E-state index contributed by atoms with van der Waals surface area (Å²) in [7, 11) is 0. The first-order valence-corrected chi connectivity index (χ1v) is 9.04. The van der Waals surface area contributed by atoms with Crippen LogP contribution in [-0.2, 0) is 6.54 Å². The second kappa shape index (κ2) is 6.07. The van der Waals surface area contributed by atoms with Gasteiger partial charge >= 0.3 is 0 Å². The lowest BCUT2D eigenvalue weighted by Gasteiger charge is -2.01. The number of hydrogen-bond acceptors (Lipinski definition) is 4. The summed E-state index contributed by atoms with van der Waals surface area (Å²) in [6.45, 7) is 2.97. The molecular weight excluding hydrogens is 392 g/mol. The molecule has 0 radical (unpaired) electrons. The SMILES string of the molecule is CCn1c(=NC(=O)c2ccc3c(c2)OCO3)sc2cc(Br)ccc21. The van der Waals surface area contributed by atoms with Gasteiger partial charge < -0.3 is 14.0 Å². The van der Waals surface area contributed by atoms with Crippen LogP contribution in [0, 0.1) is 0 Å². The molecule has 0 bridgehead atoms. The van der Waals surface area contributed by atoms with Gasteiger partial charge in [0.1, 0.15) is 0 Å². The van der Waals surface area contributed by atoms with Crippen molar-refractivity contribution in [3.63, 3.8) is 0 Å². The van der Waals surface area contributed by atoms with Crippen LogP contribution in [0.4, 0.5) is 0 Å². The molecule has 1 aliphatic heterocycles. The zero-order valence-electron chi connectivity index (χ0n) is 12.8. The van der Waals surface area contributed by atoms with Gasteiger partial charge in [-0.25, -0.2) is 0 Å². The third-order valence-electron chi connectivity index (χ3n) is 3.78. The summed E-state index contributed by atoms with van der Waals surface area (Å²) in [6, 6.07) is 11.2. The smallest absolute Gasteiger partial charge is 0.279 e. The van der Waals surface area contributed by atoms with Crippen molar-refractivity contribution in [3.8, 4) is 11.5 Å². The maximum atomic E-state index is 12.5. The Morgan fingerprint density at radius 1 is 1.25 bits per heavy atom. The molecule has 122 valence electrons. The van der Waals surface area contributed by atoms with Crippen LogP contribution < -0.4 is 14.3 Å². The van der Waals surface area contributed by atoms with Crippen molar-refractivity contribution < 1.29 is 14.3 Å². The average molecular weight is 405 g/mol. The fraction of sp³-hybridized carbons (Fsp3) is 0.176. The molecule has 3 aromatic rings. The molecule has 0 saturated carbocycles. The summed E-state index contributed by atoms with van der Waals surface area (Å²) < 4.78 is 14.7. The lowest BCUT2D eigenvalue weighted by Crippen LogP contribution is -2.15. The van der Waals surface area contributed by atoms with Crippen molar-refractivity contribution in [2.45, 2.75) is 13.5 Å². The molecule has 0 unspecified atom stereocenters. The number of carbonyl (C=O) groups excluding carboxylic acids is 1. The predicted molar refractivity (Wildman–Crippen MR) is 95.6 cm³/mol. The monoisotopic (exact) mass is 404 g/mol. The number of halogens is 1. The molecule has 7 heteroatoms. The first-order valence-electron chi connectivity index (χ1n) is 7.43. The molecule has 2 aromatic carbocycles. The number of aromatic nitrogens is 1. The number of hydrogen-bond donors (Lipinski definition) is 0. The molecule has 2 heterocycles. The average Bonchev–Trinajstić information content (AvgIpc) is 3.17. The van der Waals surface area contributed by atoms with Gasteiger partial charge in [0.15, 0.2) is 16.3 Å². The van der Waals surface area contributed by atoms with E-state index in [1.807, 2.05) is 29.7 Å². The number of nitrogens with zero attached hydrogens (tertiary/aromatic N) is 2. The van der Waals surface area contributed by atoms with E-state index in [9.17, 15) is 4.79 Å². The van der Waals surface area contributed by atoms with E-state index in [1.165, 1.54) is 11.3 Å². The lowest BCUT2D eigenvalue weighted by molar-refractivity contribution is 0.0997. The summed E-state index contributed by atoms with van der Waals surface area (Å²) in [6.07, 6.45) is 0. The molecule has 1 aromatic heterocycles. The second-order valence-corrected chi connectivity index (χ2v) is 7.15. The molecule has 5 nitrogen and oxygen atoms in total. The van der Waals surface area contributed by atoms with E-state index in [0.29, 0.717) is 21.9 Å². The standard InChI is InChI=1S/C17H13BrN2O3S/c1-2-20-12-5-4-11(18)8-15(12)24-17(20)19-16(21)10-3-6-13-14(7-10)23-9-22-13/h3-8H,2,9H2,1H3. The van der Waals surface area contributed by atoms with Crippen molar-refractivity contribution in [2.24, 2.45) is 4.99 Å². The summed E-state index contributed by atoms with van der Waals surface area (Å²) >= 11 is 4.98. The third kappa shape index (κ3) is 2.63. The zero-order valence-corrected chi connectivity index (χ0v) is 15.2.